The zero-order chi connectivity index (χ0) is 11.4. The van der Waals surface area contributed by atoms with E-state index in [1.807, 2.05) is 0 Å². The number of nitrogens with zero attached hydrogens (tertiary/aromatic N) is 2. The van der Waals surface area contributed by atoms with Crippen molar-refractivity contribution >= 4 is 0 Å². The minimum absolute atomic E-state index is 0.462. The van der Waals surface area contributed by atoms with E-state index in [1.165, 1.54) is 6.20 Å². The Labute approximate surface area is 89.0 Å². The molecule has 0 fully saturated rings. The maximum atomic E-state index is 9.57. The van der Waals surface area contributed by atoms with Gasteiger partial charge in [0.15, 0.2) is 0 Å². The van der Waals surface area contributed by atoms with Gasteiger partial charge >= 0.3 is 0 Å². The van der Waals surface area contributed by atoms with E-state index < -0.39 is 18.8 Å². The molecule has 1 heterocycles. The second-order valence-electron chi connectivity index (χ2n) is 4.08. The molecule has 5 nitrogen and oxygen atoms in total. The molecule has 0 aromatic carbocycles. The van der Waals surface area contributed by atoms with Gasteiger partial charge in [-0.3, -0.25) is 4.68 Å². The fraction of sp³-hybridized carbons (Fsp3) is 0.700. The lowest BCUT2D eigenvalue weighted by molar-refractivity contribution is -0.0153. The smallest absolute Gasteiger partial charge is 0.110 e. The van der Waals surface area contributed by atoms with Crippen molar-refractivity contribution in [2.24, 2.45) is 5.92 Å². The van der Waals surface area contributed by atoms with Gasteiger partial charge in [-0.15, -0.1) is 0 Å². The Kier molecular flexibility index (Phi) is 4.26. The van der Waals surface area contributed by atoms with E-state index in [1.54, 1.807) is 10.9 Å². The molecule has 5 heteroatoms. The van der Waals surface area contributed by atoms with Crippen molar-refractivity contribution in [3.63, 3.8) is 0 Å². The highest BCUT2D eigenvalue weighted by Gasteiger charge is 2.18. The zero-order valence-corrected chi connectivity index (χ0v) is 9.04. The van der Waals surface area contributed by atoms with E-state index in [9.17, 15) is 10.2 Å². The van der Waals surface area contributed by atoms with Gasteiger partial charge in [0.05, 0.1) is 12.8 Å². The van der Waals surface area contributed by atoms with Crippen LogP contribution < -0.4 is 0 Å². The molecule has 1 rings (SSSR count). The SMILES string of the molecule is CC(C)Cn1cc(C(O)C(O)CO)cn1. The van der Waals surface area contributed by atoms with Crippen LogP contribution in [0.4, 0.5) is 0 Å². The van der Waals surface area contributed by atoms with Gasteiger partial charge in [-0.1, -0.05) is 13.8 Å². The molecule has 0 amide bonds. The second-order valence-corrected chi connectivity index (χ2v) is 4.08. The molecule has 3 N–H and O–H groups in total. The number of rotatable bonds is 5. The van der Waals surface area contributed by atoms with Crippen LogP contribution in [0.2, 0.25) is 0 Å². The number of aliphatic hydroxyl groups excluding tert-OH is 3. The minimum atomic E-state index is -1.15. The first-order chi connectivity index (χ1) is 7.04. The van der Waals surface area contributed by atoms with Crippen molar-refractivity contribution in [3.8, 4) is 0 Å². The Morgan fingerprint density at radius 3 is 2.60 bits per heavy atom. The lowest BCUT2D eigenvalue weighted by Gasteiger charge is -2.13. The third-order valence-electron chi connectivity index (χ3n) is 2.10. The molecule has 86 valence electrons. The summed E-state index contributed by atoms with van der Waals surface area (Å²) >= 11 is 0. The average Bonchev–Trinajstić information content (AvgIpc) is 2.63. The lowest BCUT2D eigenvalue weighted by Crippen LogP contribution is -2.21. The molecule has 0 aliphatic heterocycles. The Morgan fingerprint density at radius 2 is 2.07 bits per heavy atom. The molecule has 0 spiro atoms. The summed E-state index contributed by atoms with van der Waals surface area (Å²) in [5, 5.41) is 31.5. The van der Waals surface area contributed by atoms with Crippen molar-refractivity contribution in [1.29, 1.82) is 0 Å². The molecule has 2 atom stereocenters. The molecular formula is C10H18N2O3. The summed E-state index contributed by atoms with van der Waals surface area (Å²) < 4.78 is 1.72. The quantitative estimate of drug-likeness (QED) is 0.641. The van der Waals surface area contributed by atoms with E-state index in [-0.39, 0.29) is 0 Å². The Balaban J connectivity index is 2.66. The number of aliphatic hydroxyl groups is 3. The predicted molar refractivity (Wildman–Crippen MR) is 55.1 cm³/mol. The summed E-state index contributed by atoms with van der Waals surface area (Å²) in [5.74, 6) is 0.470. The molecule has 1 aromatic rings. The lowest BCUT2D eigenvalue weighted by atomic mass is 10.1. The molecule has 1 aromatic heterocycles. The fourth-order valence-corrected chi connectivity index (χ4v) is 1.33. The monoisotopic (exact) mass is 214 g/mol. The Bertz CT molecular complexity index is 299. The Hall–Kier alpha value is -0.910. The molecule has 0 aliphatic rings. The highest BCUT2D eigenvalue weighted by Crippen LogP contribution is 2.16. The predicted octanol–water partition coefficient (Wildman–Crippen LogP) is -0.0743. The van der Waals surface area contributed by atoms with Crippen LogP contribution in [0.15, 0.2) is 12.4 Å². The van der Waals surface area contributed by atoms with Gasteiger partial charge in [-0.05, 0) is 5.92 Å². The maximum absolute atomic E-state index is 9.57. The Morgan fingerprint density at radius 1 is 1.40 bits per heavy atom. The summed E-state index contributed by atoms with van der Waals surface area (Å²) in [7, 11) is 0. The molecule has 2 unspecified atom stereocenters. The van der Waals surface area contributed by atoms with Crippen molar-refractivity contribution in [3.05, 3.63) is 18.0 Å². The van der Waals surface area contributed by atoms with Gasteiger partial charge < -0.3 is 15.3 Å². The molecule has 0 aliphatic carbocycles. The van der Waals surface area contributed by atoms with Gasteiger partial charge in [-0.25, -0.2) is 0 Å². The first-order valence-electron chi connectivity index (χ1n) is 5.04. The second kappa shape index (κ2) is 5.25. The van der Waals surface area contributed by atoms with Gasteiger partial charge in [0, 0.05) is 18.3 Å². The molecule has 0 radical (unpaired) electrons. The maximum Gasteiger partial charge on any atom is 0.110 e. The van der Waals surface area contributed by atoms with Crippen molar-refractivity contribution in [2.75, 3.05) is 6.61 Å². The van der Waals surface area contributed by atoms with Crippen molar-refractivity contribution < 1.29 is 15.3 Å². The molecular weight excluding hydrogens is 196 g/mol. The van der Waals surface area contributed by atoms with Gasteiger partial charge in [0.25, 0.3) is 0 Å². The molecule has 0 saturated carbocycles. The number of hydrogen-bond acceptors (Lipinski definition) is 4. The first-order valence-corrected chi connectivity index (χ1v) is 5.04. The standard InChI is InChI=1S/C10H18N2O3/c1-7(2)4-12-5-8(3-11-12)10(15)9(14)6-13/h3,5,7,9-10,13-15H,4,6H2,1-2H3. The van der Waals surface area contributed by atoms with E-state index >= 15 is 0 Å². The zero-order valence-electron chi connectivity index (χ0n) is 9.04. The minimum Gasteiger partial charge on any atom is -0.394 e. The topological polar surface area (TPSA) is 78.5 Å². The van der Waals surface area contributed by atoms with Gasteiger partial charge in [0.2, 0.25) is 0 Å². The van der Waals surface area contributed by atoms with Crippen LogP contribution in [0, 0.1) is 5.92 Å². The first kappa shape index (κ1) is 12.2. The molecule has 0 saturated heterocycles. The highest BCUT2D eigenvalue weighted by molar-refractivity contribution is 5.09. The average molecular weight is 214 g/mol. The third-order valence-corrected chi connectivity index (χ3v) is 2.10. The third kappa shape index (κ3) is 3.30. The number of hydrogen-bond donors (Lipinski definition) is 3. The molecule has 0 bridgehead atoms. The van der Waals surface area contributed by atoms with Gasteiger partial charge in [0.1, 0.15) is 12.2 Å². The van der Waals surface area contributed by atoms with Crippen LogP contribution in [0.5, 0.6) is 0 Å². The van der Waals surface area contributed by atoms with Crippen LogP contribution in [-0.4, -0.2) is 37.8 Å². The fourth-order valence-electron chi connectivity index (χ4n) is 1.33. The van der Waals surface area contributed by atoms with Crippen LogP contribution in [0.1, 0.15) is 25.5 Å². The van der Waals surface area contributed by atoms with E-state index in [2.05, 4.69) is 18.9 Å². The normalized spacial score (nSPS) is 15.6. The van der Waals surface area contributed by atoms with Crippen molar-refractivity contribution in [1.82, 2.24) is 9.78 Å². The summed E-state index contributed by atoms with van der Waals surface area (Å²) in [6, 6.07) is 0. The summed E-state index contributed by atoms with van der Waals surface area (Å²) in [6.07, 6.45) is 0.966. The van der Waals surface area contributed by atoms with E-state index in [0.29, 0.717) is 11.5 Å². The highest BCUT2D eigenvalue weighted by atomic mass is 16.4. The van der Waals surface area contributed by atoms with Crippen molar-refractivity contribution in [2.45, 2.75) is 32.6 Å². The summed E-state index contributed by atoms with van der Waals surface area (Å²) in [5.41, 5.74) is 0.525. The van der Waals surface area contributed by atoms with Crippen LogP contribution in [0.3, 0.4) is 0 Å². The van der Waals surface area contributed by atoms with E-state index in [4.69, 9.17) is 5.11 Å². The summed E-state index contributed by atoms with van der Waals surface area (Å²) in [6.45, 7) is 4.44. The summed E-state index contributed by atoms with van der Waals surface area (Å²) in [4.78, 5) is 0. The van der Waals surface area contributed by atoms with Crippen LogP contribution in [-0.2, 0) is 6.54 Å². The van der Waals surface area contributed by atoms with E-state index in [0.717, 1.165) is 6.54 Å². The van der Waals surface area contributed by atoms with Crippen LogP contribution >= 0.6 is 0 Å². The molecule has 15 heavy (non-hydrogen) atoms. The largest absolute Gasteiger partial charge is 0.394 e. The van der Waals surface area contributed by atoms with Crippen LogP contribution in [0.25, 0.3) is 0 Å². The number of aromatic nitrogens is 2. The van der Waals surface area contributed by atoms with Gasteiger partial charge in [-0.2, -0.15) is 5.10 Å².